The molecule has 1 saturated heterocycles. The minimum atomic E-state index is -3.21. The smallest absolute Gasteiger partial charge is 0.216 e. The Labute approximate surface area is 168 Å². The van der Waals surface area contributed by atoms with Gasteiger partial charge in [0, 0.05) is 43.9 Å². The Bertz CT molecular complexity index is 949. The van der Waals surface area contributed by atoms with Crippen LogP contribution in [-0.4, -0.2) is 54.1 Å². The zero-order valence-electron chi connectivity index (χ0n) is 17.4. The van der Waals surface area contributed by atoms with Crippen LogP contribution in [0.5, 0.6) is 0 Å². The van der Waals surface area contributed by atoms with E-state index in [1.165, 1.54) is 11.1 Å². The summed E-state index contributed by atoms with van der Waals surface area (Å²) in [4.78, 5) is 11.6. The second-order valence-electron chi connectivity index (χ2n) is 7.74. The van der Waals surface area contributed by atoms with Gasteiger partial charge in [-0.3, -0.25) is 0 Å². The van der Waals surface area contributed by atoms with Crippen molar-refractivity contribution in [3.8, 4) is 0 Å². The van der Waals surface area contributed by atoms with Crippen molar-refractivity contribution >= 4 is 15.8 Å². The topological polar surface area (TPSA) is 66.4 Å². The summed E-state index contributed by atoms with van der Waals surface area (Å²) in [5.41, 5.74) is 4.63. The number of hydrogen-bond donors (Lipinski definition) is 0. The lowest BCUT2D eigenvalue weighted by Crippen LogP contribution is -2.51. The second-order valence-corrected chi connectivity index (χ2v) is 10.2. The van der Waals surface area contributed by atoms with Gasteiger partial charge in [-0.25, -0.2) is 18.4 Å². The van der Waals surface area contributed by atoms with E-state index in [1.54, 1.807) is 18.2 Å². The zero-order chi connectivity index (χ0) is 20.5. The highest BCUT2D eigenvalue weighted by molar-refractivity contribution is 7.89. The van der Waals surface area contributed by atoms with Gasteiger partial charge in [-0.1, -0.05) is 24.3 Å². The maximum Gasteiger partial charge on any atom is 0.216 e. The normalized spacial score (nSPS) is 16.0. The molecule has 3 rings (SSSR count). The molecule has 0 atom stereocenters. The summed E-state index contributed by atoms with van der Waals surface area (Å²) >= 11 is 0. The zero-order valence-corrected chi connectivity index (χ0v) is 18.3. The van der Waals surface area contributed by atoms with Crippen LogP contribution >= 0.6 is 0 Å². The lowest BCUT2D eigenvalue weighted by atomic mass is 9.99. The highest BCUT2D eigenvalue weighted by Crippen LogP contribution is 2.26. The van der Waals surface area contributed by atoms with E-state index in [1.807, 2.05) is 19.9 Å². The number of sulfonamides is 1. The van der Waals surface area contributed by atoms with Crippen LogP contribution in [0.2, 0.25) is 0 Å². The van der Waals surface area contributed by atoms with Gasteiger partial charge in [0.1, 0.15) is 11.6 Å². The molecule has 152 valence electrons. The van der Waals surface area contributed by atoms with Gasteiger partial charge in [-0.2, -0.15) is 4.31 Å². The van der Waals surface area contributed by atoms with Crippen molar-refractivity contribution < 1.29 is 8.42 Å². The maximum absolute atomic E-state index is 12.5. The van der Waals surface area contributed by atoms with E-state index in [-0.39, 0.29) is 5.25 Å². The molecule has 1 aromatic carbocycles. The number of nitrogens with zero attached hydrogens (tertiary/aromatic N) is 4. The molecule has 1 aliphatic rings. The molecule has 28 heavy (non-hydrogen) atoms. The standard InChI is InChI=1S/C21H30N4O2S/c1-15(2)28(26,27)25-12-10-24(11-13-25)21-20(17(4)22-18(5)23-21)14-19-9-7-6-8-16(19)3/h6-9,15H,10-14H2,1-5H3. The molecule has 0 aliphatic carbocycles. The van der Waals surface area contributed by atoms with Crippen molar-refractivity contribution in [2.45, 2.75) is 46.3 Å². The SMILES string of the molecule is Cc1nc(C)c(Cc2ccccc2C)c(N2CCN(S(=O)(=O)C(C)C)CC2)n1. The predicted octanol–water partition coefficient (Wildman–Crippen LogP) is 2.85. The average Bonchev–Trinajstić information content (AvgIpc) is 2.65. The summed E-state index contributed by atoms with van der Waals surface area (Å²) in [7, 11) is -3.21. The first-order valence-corrected chi connectivity index (χ1v) is 11.3. The first-order chi connectivity index (χ1) is 13.2. The van der Waals surface area contributed by atoms with Crippen molar-refractivity contribution in [3.05, 3.63) is 52.5 Å². The van der Waals surface area contributed by atoms with Gasteiger partial charge >= 0.3 is 0 Å². The van der Waals surface area contributed by atoms with Crippen LogP contribution in [0.15, 0.2) is 24.3 Å². The number of rotatable bonds is 5. The third kappa shape index (κ3) is 4.20. The van der Waals surface area contributed by atoms with E-state index in [2.05, 4.69) is 35.0 Å². The van der Waals surface area contributed by atoms with Gasteiger partial charge in [-0.15, -0.1) is 0 Å². The number of hydrogen-bond acceptors (Lipinski definition) is 5. The molecule has 1 aliphatic heterocycles. The van der Waals surface area contributed by atoms with Crippen molar-refractivity contribution in [1.82, 2.24) is 14.3 Å². The summed E-state index contributed by atoms with van der Waals surface area (Å²) in [6, 6.07) is 8.37. The summed E-state index contributed by atoms with van der Waals surface area (Å²) in [6.07, 6.45) is 0.776. The molecule has 0 radical (unpaired) electrons. The Balaban J connectivity index is 1.88. The van der Waals surface area contributed by atoms with Crippen LogP contribution in [0.4, 0.5) is 5.82 Å². The lowest BCUT2D eigenvalue weighted by Gasteiger charge is -2.36. The van der Waals surface area contributed by atoms with Crippen LogP contribution in [0.1, 0.15) is 42.1 Å². The van der Waals surface area contributed by atoms with Gasteiger partial charge in [-0.05, 0) is 45.7 Å². The molecule has 0 spiro atoms. The van der Waals surface area contributed by atoms with E-state index in [9.17, 15) is 8.42 Å². The predicted molar refractivity (Wildman–Crippen MR) is 113 cm³/mol. The number of aryl methyl sites for hydroxylation is 3. The molecule has 1 fully saturated rings. The Morgan fingerprint density at radius 2 is 1.64 bits per heavy atom. The van der Waals surface area contributed by atoms with Gasteiger partial charge in [0.15, 0.2) is 0 Å². The Kier molecular flexibility index (Phi) is 6.05. The van der Waals surface area contributed by atoms with E-state index in [0.29, 0.717) is 26.2 Å². The molecule has 0 amide bonds. The van der Waals surface area contributed by atoms with Crippen LogP contribution in [0.25, 0.3) is 0 Å². The minimum absolute atomic E-state index is 0.390. The molecule has 0 saturated carbocycles. The van der Waals surface area contributed by atoms with Crippen LogP contribution < -0.4 is 4.90 Å². The summed E-state index contributed by atoms with van der Waals surface area (Å²) < 4.78 is 26.5. The Hall–Kier alpha value is -1.99. The number of benzene rings is 1. The molecular formula is C21H30N4O2S. The van der Waals surface area contributed by atoms with Crippen molar-refractivity contribution in [2.75, 3.05) is 31.1 Å². The fourth-order valence-corrected chi connectivity index (χ4v) is 4.91. The third-order valence-electron chi connectivity index (χ3n) is 5.43. The molecule has 2 heterocycles. The van der Waals surface area contributed by atoms with E-state index in [0.717, 1.165) is 29.3 Å². The van der Waals surface area contributed by atoms with Gasteiger partial charge < -0.3 is 4.90 Å². The number of piperazine rings is 1. The van der Waals surface area contributed by atoms with E-state index in [4.69, 9.17) is 4.98 Å². The molecule has 0 unspecified atom stereocenters. The second kappa shape index (κ2) is 8.17. The van der Waals surface area contributed by atoms with Gasteiger partial charge in [0.05, 0.1) is 5.25 Å². The molecule has 1 aromatic heterocycles. The van der Waals surface area contributed by atoms with E-state index < -0.39 is 10.0 Å². The van der Waals surface area contributed by atoms with Crippen molar-refractivity contribution in [2.24, 2.45) is 0 Å². The number of aromatic nitrogens is 2. The van der Waals surface area contributed by atoms with Crippen LogP contribution in [0, 0.1) is 20.8 Å². The monoisotopic (exact) mass is 402 g/mol. The molecule has 6 nitrogen and oxygen atoms in total. The van der Waals surface area contributed by atoms with Crippen LogP contribution in [0.3, 0.4) is 0 Å². The van der Waals surface area contributed by atoms with Crippen molar-refractivity contribution in [1.29, 1.82) is 0 Å². The van der Waals surface area contributed by atoms with Crippen LogP contribution in [-0.2, 0) is 16.4 Å². The first-order valence-electron chi connectivity index (χ1n) is 9.82. The van der Waals surface area contributed by atoms with Crippen molar-refractivity contribution in [3.63, 3.8) is 0 Å². The largest absolute Gasteiger partial charge is 0.354 e. The molecule has 2 aromatic rings. The third-order valence-corrected chi connectivity index (χ3v) is 7.70. The molecule has 7 heteroatoms. The minimum Gasteiger partial charge on any atom is -0.354 e. The first kappa shape index (κ1) is 20.7. The Morgan fingerprint density at radius 1 is 1.00 bits per heavy atom. The number of anilines is 1. The highest BCUT2D eigenvalue weighted by Gasteiger charge is 2.30. The lowest BCUT2D eigenvalue weighted by molar-refractivity contribution is 0.379. The average molecular weight is 403 g/mol. The molecule has 0 N–H and O–H groups in total. The summed E-state index contributed by atoms with van der Waals surface area (Å²) in [5.74, 6) is 1.69. The quantitative estimate of drug-likeness (QED) is 0.769. The Morgan fingerprint density at radius 3 is 2.25 bits per heavy atom. The van der Waals surface area contributed by atoms with Gasteiger partial charge in [0.2, 0.25) is 10.0 Å². The summed E-state index contributed by atoms with van der Waals surface area (Å²) in [6.45, 7) is 11.8. The van der Waals surface area contributed by atoms with E-state index >= 15 is 0 Å². The fourth-order valence-electron chi connectivity index (χ4n) is 3.64. The maximum atomic E-state index is 12.5. The molecular weight excluding hydrogens is 372 g/mol. The highest BCUT2D eigenvalue weighted by atomic mass is 32.2. The molecule has 0 bridgehead atoms. The van der Waals surface area contributed by atoms with Gasteiger partial charge in [0.25, 0.3) is 0 Å². The summed E-state index contributed by atoms with van der Waals surface area (Å²) in [5, 5.41) is -0.390. The fraction of sp³-hybridized carbons (Fsp3) is 0.524.